The molecule has 0 spiro atoms. The van der Waals surface area contributed by atoms with E-state index in [1.165, 1.54) is 6.08 Å². The van der Waals surface area contributed by atoms with E-state index < -0.39 is 39.2 Å². The van der Waals surface area contributed by atoms with Gasteiger partial charge in [0, 0.05) is 25.2 Å². The molecule has 1 aromatic carbocycles. The van der Waals surface area contributed by atoms with Crippen LogP contribution in [0, 0.1) is 0 Å². The third-order valence-electron chi connectivity index (χ3n) is 3.37. The van der Waals surface area contributed by atoms with Crippen LogP contribution in [0.15, 0.2) is 40.9 Å². The highest BCUT2D eigenvalue weighted by atomic mass is 32.2. The molecule has 0 amide bonds. The largest absolute Gasteiger partial charge is 0.479 e. The molecule has 1 aliphatic rings. The van der Waals surface area contributed by atoms with Gasteiger partial charge in [-0.3, -0.25) is 10.3 Å². The SMILES string of the molecule is O=C(O)CONC1=CCN(S(=O)(=O)c2cccc(C(F)(F)F)c2)CC1. The number of halogens is 3. The van der Waals surface area contributed by atoms with Crippen LogP contribution in [0.4, 0.5) is 13.2 Å². The quantitative estimate of drug-likeness (QED) is 0.728. The van der Waals surface area contributed by atoms with Crippen molar-refractivity contribution in [3.05, 3.63) is 41.6 Å². The summed E-state index contributed by atoms with van der Waals surface area (Å²) in [6.07, 6.45) is -2.96. The van der Waals surface area contributed by atoms with E-state index in [4.69, 9.17) is 5.11 Å². The molecule has 1 heterocycles. The van der Waals surface area contributed by atoms with Gasteiger partial charge in [-0.25, -0.2) is 13.2 Å². The molecule has 25 heavy (non-hydrogen) atoms. The molecule has 0 saturated heterocycles. The Kier molecular flexibility index (Phi) is 5.70. The second-order valence-corrected chi connectivity index (χ2v) is 7.09. The monoisotopic (exact) mass is 380 g/mol. The second-order valence-electron chi connectivity index (χ2n) is 5.15. The fourth-order valence-electron chi connectivity index (χ4n) is 2.13. The second kappa shape index (κ2) is 7.42. The first-order valence-corrected chi connectivity index (χ1v) is 8.51. The number of nitrogens with one attached hydrogen (secondary N) is 1. The van der Waals surface area contributed by atoms with Gasteiger partial charge in [-0.05, 0) is 24.3 Å². The lowest BCUT2D eigenvalue weighted by atomic mass is 10.2. The number of carboxylic acid groups (broad SMARTS) is 1. The lowest BCUT2D eigenvalue weighted by molar-refractivity contribution is -0.144. The van der Waals surface area contributed by atoms with E-state index in [1.807, 2.05) is 0 Å². The lowest BCUT2D eigenvalue weighted by Gasteiger charge is -2.26. The number of sulfonamides is 1. The van der Waals surface area contributed by atoms with E-state index in [1.54, 1.807) is 0 Å². The first kappa shape index (κ1) is 19.2. The molecule has 0 fully saturated rings. The third-order valence-corrected chi connectivity index (χ3v) is 5.23. The lowest BCUT2D eigenvalue weighted by Crippen LogP contribution is -2.37. The maximum atomic E-state index is 12.7. The number of benzene rings is 1. The van der Waals surface area contributed by atoms with Gasteiger partial charge in [0.05, 0.1) is 10.5 Å². The summed E-state index contributed by atoms with van der Waals surface area (Å²) >= 11 is 0. The van der Waals surface area contributed by atoms with Gasteiger partial charge in [-0.15, -0.1) is 0 Å². The van der Waals surface area contributed by atoms with Crippen molar-refractivity contribution in [2.24, 2.45) is 0 Å². The van der Waals surface area contributed by atoms with Gasteiger partial charge >= 0.3 is 12.1 Å². The van der Waals surface area contributed by atoms with Crippen molar-refractivity contribution < 1.29 is 36.3 Å². The van der Waals surface area contributed by atoms with Crippen LogP contribution in [0.5, 0.6) is 0 Å². The van der Waals surface area contributed by atoms with Crippen LogP contribution >= 0.6 is 0 Å². The summed E-state index contributed by atoms with van der Waals surface area (Å²) in [6.45, 7) is -0.616. The van der Waals surface area contributed by atoms with Crippen molar-refractivity contribution in [1.29, 1.82) is 0 Å². The number of hydrogen-bond donors (Lipinski definition) is 2. The maximum absolute atomic E-state index is 12.7. The Balaban J connectivity index is 2.09. The van der Waals surface area contributed by atoms with Gasteiger partial charge in [0.2, 0.25) is 10.0 Å². The van der Waals surface area contributed by atoms with Gasteiger partial charge in [0.25, 0.3) is 0 Å². The number of carbonyl (C=O) groups is 1. The van der Waals surface area contributed by atoms with Crippen LogP contribution in [-0.2, 0) is 25.8 Å². The van der Waals surface area contributed by atoms with Crippen LogP contribution in [0.2, 0.25) is 0 Å². The van der Waals surface area contributed by atoms with Gasteiger partial charge in [0.1, 0.15) is 0 Å². The molecule has 1 aromatic rings. The molecule has 0 aromatic heterocycles. The Morgan fingerprint density at radius 3 is 2.64 bits per heavy atom. The Hall–Kier alpha value is -2.11. The van der Waals surface area contributed by atoms with E-state index in [9.17, 15) is 26.4 Å². The summed E-state index contributed by atoms with van der Waals surface area (Å²) in [5, 5.41) is 8.45. The number of hydroxylamine groups is 1. The molecular weight excluding hydrogens is 365 g/mol. The molecular formula is C14H15F3N2O5S. The van der Waals surface area contributed by atoms with Gasteiger partial charge in [-0.2, -0.15) is 17.5 Å². The summed E-state index contributed by atoms with van der Waals surface area (Å²) in [5.74, 6) is -1.17. The molecule has 1 aliphatic heterocycles. The van der Waals surface area contributed by atoms with E-state index >= 15 is 0 Å². The van der Waals surface area contributed by atoms with Crippen molar-refractivity contribution in [1.82, 2.24) is 9.79 Å². The number of nitrogens with zero attached hydrogens (tertiary/aromatic N) is 1. The molecule has 0 saturated carbocycles. The Morgan fingerprint density at radius 2 is 2.08 bits per heavy atom. The zero-order valence-corrected chi connectivity index (χ0v) is 13.6. The summed E-state index contributed by atoms with van der Waals surface area (Å²) in [7, 11) is -4.08. The Bertz CT molecular complexity index is 777. The highest BCUT2D eigenvalue weighted by Crippen LogP contribution is 2.31. The molecule has 0 atom stereocenters. The number of rotatable bonds is 6. The molecule has 7 nitrogen and oxygen atoms in total. The molecule has 11 heteroatoms. The van der Waals surface area contributed by atoms with E-state index in [0.29, 0.717) is 11.8 Å². The van der Waals surface area contributed by atoms with Crippen molar-refractivity contribution >= 4 is 16.0 Å². The average molecular weight is 380 g/mol. The van der Waals surface area contributed by atoms with Crippen LogP contribution < -0.4 is 5.48 Å². The summed E-state index contributed by atoms with van der Waals surface area (Å²) in [4.78, 5) is 14.6. The Morgan fingerprint density at radius 1 is 1.36 bits per heavy atom. The molecule has 0 bridgehead atoms. The fourth-order valence-corrected chi connectivity index (χ4v) is 3.56. The summed E-state index contributed by atoms with van der Waals surface area (Å²) in [6, 6.07) is 3.56. The van der Waals surface area contributed by atoms with Crippen molar-refractivity contribution in [3.63, 3.8) is 0 Å². The van der Waals surface area contributed by atoms with E-state index in [0.717, 1.165) is 22.5 Å². The van der Waals surface area contributed by atoms with Crippen LogP contribution in [0.3, 0.4) is 0 Å². The number of hydrogen-bond acceptors (Lipinski definition) is 5. The molecule has 2 N–H and O–H groups in total. The minimum atomic E-state index is -4.63. The number of aliphatic carboxylic acids is 1. The van der Waals surface area contributed by atoms with Gasteiger partial charge < -0.3 is 5.11 Å². The molecule has 138 valence electrons. The van der Waals surface area contributed by atoms with Crippen LogP contribution in [0.1, 0.15) is 12.0 Å². The molecule has 2 rings (SSSR count). The van der Waals surface area contributed by atoms with Crippen molar-refractivity contribution in [2.75, 3.05) is 19.7 Å². The van der Waals surface area contributed by atoms with Crippen molar-refractivity contribution in [3.8, 4) is 0 Å². The van der Waals surface area contributed by atoms with Gasteiger partial charge in [0.15, 0.2) is 6.61 Å². The van der Waals surface area contributed by atoms with Gasteiger partial charge in [-0.1, -0.05) is 6.07 Å². The Labute approximate surface area is 141 Å². The molecule has 0 unspecified atom stereocenters. The third kappa shape index (κ3) is 4.94. The van der Waals surface area contributed by atoms with Crippen LogP contribution in [-0.4, -0.2) is 43.5 Å². The zero-order valence-electron chi connectivity index (χ0n) is 12.8. The van der Waals surface area contributed by atoms with Crippen molar-refractivity contribution in [2.45, 2.75) is 17.5 Å². The standard InChI is InChI=1S/C14H15F3N2O5S/c15-14(16,17)10-2-1-3-12(8-10)25(22,23)19-6-4-11(5-7-19)18-24-9-13(20)21/h1-4,8,18H,5-7,9H2,(H,20,21). The predicted octanol–water partition coefficient (Wildman–Crippen LogP) is 1.59. The minimum absolute atomic E-state index is 0.0217. The van der Waals surface area contributed by atoms with E-state index in [-0.39, 0.29) is 19.5 Å². The summed E-state index contributed by atoms with van der Waals surface area (Å²) < 4.78 is 64.2. The van der Waals surface area contributed by atoms with Crippen LogP contribution in [0.25, 0.3) is 0 Å². The zero-order chi connectivity index (χ0) is 18.7. The topological polar surface area (TPSA) is 95.9 Å². The highest BCUT2D eigenvalue weighted by molar-refractivity contribution is 7.89. The normalized spacial score (nSPS) is 16.4. The average Bonchev–Trinajstić information content (AvgIpc) is 2.54. The summed E-state index contributed by atoms with van der Waals surface area (Å²) in [5.41, 5.74) is 1.86. The maximum Gasteiger partial charge on any atom is 0.416 e. The molecule has 0 aliphatic carbocycles. The number of alkyl halides is 3. The minimum Gasteiger partial charge on any atom is -0.479 e. The first-order chi connectivity index (χ1) is 11.6. The first-order valence-electron chi connectivity index (χ1n) is 7.07. The number of carboxylic acids is 1. The highest BCUT2D eigenvalue weighted by Gasteiger charge is 2.33. The smallest absolute Gasteiger partial charge is 0.416 e. The predicted molar refractivity (Wildman–Crippen MR) is 79.6 cm³/mol. The van der Waals surface area contributed by atoms with E-state index in [2.05, 4.69) is 10.3 Å². The fraction of sp³-hybridized carbons (Fsp3) is 0.357. The molecule has 0 radical (unpaired) electrons.